The Kier molecular flexibility index (Phi) is 5.94. The molecule has 3 nitrogen and oxygen atoms in total. The monoisotopic (exact) mass is 333 g/mol. The highest BCUT2D eigenvalue weighted by Gasteiger charge is 2.03. The average Bonchev–Trinajstić information content (AvgIpc) is 2.65. The van der Waals surface area contributed by atoms with E-state index in [4.69, 9.17) is 9.47 Å². The summed E-state index contributed by atoms with van der Waals surface area (Å²) in [6, 6.07) is 26.3. The first kappa shape index (κ1) is 16.9. The van der Waals surface area contributed by atoms with Crippen LogP contribution in [-0.2, 0) is 6.54 Å². The smallest absolute Gasteiger partial charge is 0.142 e. The molecule has 128 valence electrons. The predicted molar refractivity (Wildman–Crippen MR) is 102 cm³/mol. The molecule has 0 amide bonds. The van der Waals surface area contributed by atoms with Crippen LogP contribution in [-0.4, -0.2) is 13.2 Å². The molecule has 0 saturated heterocycles. The zero-order valence-corrected chi connectivity index (χ0v) is 14.4. The van der Waals surface area contributed by atoms with Gasteiger partial charge in [-0.3, -0.25) is 0 Å². The van der Waals surface area contributed by atoms with E-state index in [0.29, 0.717) is 13.2 Å². The molecule has 0 atom stereocenters. The van der Waals surface area contributed by atoms with Crippen LogP contribution < -0.4 is 14.8 Å². The fraction of sp³-hybridized carbons (Fsp3) is 0.182. The summed E-state index contributed by atoms with van der Waals surface area (Å²) in [6.45, 7) is 3.88. The maximum Gasteiger partial charge on any atom is 0.142 e. The number of anilines is 1. The van der Waals surface area contributed by atoms with Crippen molar-refractivity contribution in [2.45, 2.75) is 13.5 Å². The molecule has 0 spiro atoms. The maximum atomic E-state index is 5.88. The molecule has 1 N–H and O–H groups in total. The normalized spacial score (nSPS) is 10.3. The van der Waals surface area contributed by atoms with Crippen molar-refractivity contribution < 1.29 is 9.47 Å². The van der Waals surface area contributed by atoms with Gasteiger partial charge in [-0.05, 0) is 36.8 Å². The lowest BCUT2D eigenvalue weighted by Crippen LogP contribution is -2.10. The third-order valence-electron chi connectivity index (χ3n) is 3.81. The van der Waals surface area contributed by atoms with E-state index in [1.165, 1.54) is 11.1 Å². The van der Waals surface area contributed by atoms with Crippen LogP contribution in [0.1, 0.15) is 11.1 Å². The number of aryl methyl sites for hydroxylation is 1. The van der Waals surface area contributed by atoms with Gasteiger partial charge in [0.25, 0.3) is 0 Å². The van der Waals surface area contributed by atoms with Gasteiger partial charge in [-0.25, -0.2) is 0 Å². The van der Waals surface area contributed by atoms with Gasteiger partial charge >= 0.3 is 0 Å². The summed E-state index contributed by atoms with van der Waals surface area (Å²) < 4.78 is 11.5. The van der Waals surface area contributed by atoms with Crippen LogP contribution in [0, 0.1) is 6.92 Å². The molecule has 3 aromatic carbocycles. The first-order valence-corrected chi connectivity index (χ1v) is 8.50. The Morgan fingerprint density at radius 2 is 1.52 bits per heavy atom. The van der Waals surface area contributed by atoms with Gasteiger partial charge < -0.3 is 14.8 Å². The third-order valence-corrected chi connectivity index (χ3v) is 3.81. The molecule has 0 unspecified atom stereocenters. The summed E-state index contributed by atoms with van der Waals surface area (Å²) in [5, 5.41) is 3.45. The molecule has 0 radical (unpaired) electrons. The summed E-state index contributed by atoms with van der Waals surface area (Å²) in [6.07, 6.45) is 0. The van der Waals surface area contributed by atoms with Crippen LogP contribution in [0.2, 0.25) is 0 Å². The number of hydrogen-bond acceptors (Lipinski definition) is 3. The number of para-hydroxylation sites is 3. The summed E-state index contributed by atoms with van der Waals surface area (Å²) in [5.41, 5.74) is 3.51. The van der Waals surface area contributed by atoms with Crippen LogP contribution in [0.3, 0.4) is 0 Å². The minimum absolute atomic E-state index is 0.498. The van der Waals surface area contributed by atoms with Crippen molar-refractivity contribution >= 4 is 5.69 Å². The van der Waals surface area contributed by atoms with E-state index >= 15 is 0 Å². The van der Waals surface area contributed by atoms with Gasteiger partial charge in [0.05, 0.1) is 5.69 Å². The number of rotatable bonds is 8. The minimum atomic E-state index is 0.498. The second kappa shape index (κ2) is 8.78. The van der Waals surface area contributed by atoms with Crippen molar-refractivity contribution in [3.63, 3.8) is 0 Å². The summed E-state index contributed by atoms with van der Waals surface area (Å²) in [7, 11) is 0. The van der Waals surface area contributed by atoms with Gasteiger partial charge in [0.2, 0.25) is 0 Å². The molecule has 0 aromatic heterocycles. The van der Waals surface area contributed by atoms with E-state index in [1.54, 1.807) is 0 Å². The van der Waals surface area contributed by atoms with Crippen molar-refractivity contribution in [3.05, 3.63) is 90.0 Å². The Morgan fingerprint density at radius 1 is 0.760 bits per heavy atom. The molecule has 3 rings (SSSR count). The van der Waals surface area contributed by atoms with Crippen molar-refractivity contribution in [1.82, 2.24) is 0 Å². The lowest BCUT2D eigenvalue weighted by Gasteiger charge is -2.14. The first-order valence-electron chi connectivity index (χ1n) is 8.50. The molecule has 0 aliphatic carbocycles. The van der Waals surface area contributed by atoms with E-state index in [9.17, 15) is 0 Å². The molecule has 0 saturated carbocycles. The third kappa shape index (κ3) is 5.28. The van der Waals surface area contributed by atoms with E-state index in [0.717, 1.165) is 23.7 Å². The van der Waals surface area contributed by atoms with E-state index in [-0.39, 0.29) is 0 Å². The Morgan fingerprint density at radius 3 is 2.36 bits per heavy atom. The highest BCUT2D eigenvalue weighted by Crippen LogP contribution is 2.24. The topological polar surface area (TPSA) is 30.5 Å². The standard InChI is InChI=1S/C22H23NO2/c1-18-8-7-9-19(16-18)17-23-21-12-5-6-13-22(21)25-15-14-24-20-10-3-2-4-11-20/h2-13,16,23H,14-15,17H2,1H3. The molecule has 0 aliphatic heterocycles. The zero-order valence-electron chi connectivity index (χ0n) is 14.4. The van der Waals surface area contributed by atoms with Crippen molar-refractivity contribution in [3.8, 4) is 11.5 Å². The van der Waals surface area contributed by atoms with Gasteiger partial charge in [0, 0.05) is 6.54 Å². The molecule has 3 aromatic rings. The lowest BCUT2D eigenvalue weighted by molar-refractivity contribution is 0.218. The number of nitrogens with one attached hydrogen (secondary N) is 1. The SMILES string of the molecule is Cc1cccc(CNc2ccccc2OCCOc2ccccc2)c1. The van der Waals surface area contributed by atoms with Gasteiger partial charge in [-0.2, -0.15) is 0 Å². The molecule has 3 heteroatoms. The molecular weight excluding hydrogens is 310 g/mol. The van der Waals surface area contributed by atoms with E-state index in [1.807, 2.05) is 54.6 Å². The maximum absolute atomic E-state index is 5.88. The fourth-order valence-electron chi connectivity index (χ4n) is 2.59. The van der Waals surface area contributed by atoms with Crippen LogP contribution in [0.15, 0.2) is 78.9 Å². The summed E-state index contributed by atoms with van der Waals surface area (Å²) in [4.78, 5) is 0. The highest BCUT2D eigenvalue weighted by atomic mass is 16.5. The van der Waals surface area contributed by atoms with Gasteiger partial charge in [-0.15, -0.1) is 0 Å². The Bertz CT molecular complexity index is 787. The number of hydrogen-bond donors (Lipinski definition) is 1. The molecule has 0 heterocycles. The Hall–Kier alpha value is -2.94. The van der Waals surface area contributed by atoms with Gasteiger partial charge in [-0.1, -0.05) is 60.2 Å². The summed E-state index contributed by atoms with van der Waals surface area (Å²) >= 11 is 0. The Labute approximate surface area is 149 Å². The summed E-state index contributed by atoms with van der Waals surface area (Å²) in [5.74, 6) is 1.70. The number of ether oxygens (including phenoxy) is 2. The van der Waals surface area contributed by atoms with Crippen LogP contribution >= 0.6 is 0 Å². The van der Waals surface area contributed by atoms with Gasteiger partial charge in [0.1, 0.15) is 24.7 Å². The van der Waals surface area contributed by atoms with E-state index < -0.39 is 0 Å². The molecule has 0 aliphatic rings. The molecule has 0 fully saturated rings. The van der Waals surface area contributed by atoms with Crippen LogP contribution in [0.25, 0.3) is 0 Å². The lowest BCUT2D eigenvalue weighted by atomic mass is 10.1. The van der Waals surface area contributed by atoms with Crippen molar-refractivity contribution in [2.24, 2.45) is 0 Å². The van der Waals surface area contributed by atoms with Crippen molar-refractivity contribution in [1.29, 1.82) is 0 Å². The quantitative estimate of drug-likeness (QED) is 0.584. The Balaban J connectivity index is 1.52. The zero-order chi connectivity index (χ0) is 17.3. The molecule has 0 bridgehead atoms. The van der Waals surface area contributed by atoms with E-state index in [2.05, 4.69) is 36.5 Å². The molecule has 25 heavy (non-hydrogen) atoms. The average molecular weight is 333 g/mol. The second-order valence-electron chi connectivity index (χ2n) is 5.85. The number of benzene rings is 3. The van der Waals surface area contributed by atoms with Gasteiger partial charge in [0.15, 0.2) is 0 Å². The largest absolute Gasteiger partial charge is 0.490 e. The minimum Gasteiger partial charge on any atom is -0.490 e. The molecular formula is C22H23NO2. The predicted octanol–water partition coefficient (Wildman–Crippen LogP) is 5.06. The fourth-order valence-corrected chi connectivity index (χ4v) is 2.59. The van der Waals surface area contributed by atoms with Crippen molar-refractivity contribution in [2.75, 3.05) is 18.5 Å². The first-order chi connectivity index (χ1) is 12.3. The highest BCUT2D eigenvalue weighted by molar-refractivity contribution is 5.56. The second-order valence-corrected chi connectivity index (χ2v) is 5.85. The van der Waals surface area contributed by atoms with Crippen LogP contribution in [0.5, 0.6) is 11.5 Å². The van der Waals surface area contributed by atoms with Crippen LogP contribution in [0.4, 0.5) is 5.69 Å².